The number of tetrazole rings is 1. The number of thiophene rings is 1. The summed E-state index contributed by atoms with van der Waals surface area (Å²) in [7, 11) is 1.57. The minimum atomic E-state index is 0.509. The fourth-order valence-electron chi connectivity index (χ4n) is 1.77. The maximum absolute atomic E-state index is 5.64. The zero-order valence-corrected chi connectivity index (χ0v) is 12.2. The Morgan fingerprint density at radius 1 is 1.29 bits per heavy atom. The van der Waals surface area contributed by atoms with Crippen LogP contribution in [0.3, 0.4) is 0 Å². The molecule has 108 valence electrons. The number of methoxy groups -OCH3 is 1. The van der Waals surface area contributed by atoms with E-state index in [1.807, 2.05) is 13.0 Å². The predicted octanol–water partition coefficient (Wildman–Crippen LogP) is 1.79. The normalized spacial score (nSPS) is 10.6. The summed E-state index contributed by atoms with van der Waals surface area (Å²) in [6.07, 6.45) is 1.46. The van der Waals surface area contributed by atoms with Crippen molar-refractivity contribution >= 4 is 11.3 Å². The van der Waals surface area contributed by atoms with Gasteiger partial charge in [-0.1, -0.05) is 0 Å². The highest BCUT2D eigenvalue weighted by atomic mass is 32.1. The summed E-state index contributed by atoms with van der Waals surface area (Å²) >= 11 is 1.48. The third kappa shape index (κ3) is 2.68. The topological polar surface area (TPSA) is 98.7 Å². The standard InChI is InChI=1S/C12H12N6O2S/c1-3-20-8-5-9(7-4-10(19-2)14-6-13-7)21-11(8)12-15-17-18-16-12/h4-6H,3H2,1-2H3,(H,15,16,17,18). The van der Waals surface area contributed by atoms with Crippen LogP contribution in [-0.2, 0) is 0 Å². The van der Waals surface area contributed by atoms with Gasteiger partial charge in [-0.3, -0.25) is 0 Å². The minimum absolute atomic E-state index is 0.509. The summed E-state index contributed by atoms with van der Waals surface area (Å²) in [5.74, 6) is 1.79. The van der Waals surface area contributed by atoms with Gasteiger partial charge in [-0.25, -0.2) is 15.1 Å². The van der Waals surface area contributed by atoms with Crippen LogP contribution in [0, 0.1) is 0 Å². The van der Waals surface area contributed by atoms with E-state index in [0.29, 0.717) is 24.1 Å². The van der Waals surface area contributed by atoms with E-state index >= 15 is 0 Å². The van der Waals surface area contributed by atoms with Crippen molar-refractivity contribution in [2.24, 2.45) is 0 Å². The summed E-state index contributed by atoms with van der Waals surface area (Å²) in [6.45, 7) is 2.48. The summed E-state index contributed by atoms with van der Waals surface area (Å²) in [5.41, 5.74) is 0.756. The molecule has 8 nitrogen and oxygen atoms in total. The smallest absolute Gasteiger partial charge is 0.216 e. The van der Waals surface area contributed by atoms with Gasteiger partial charge in [-0.05, 0) is 17.4 Å². The summed E-state index contributed by atoms with van der Waals surface area (Å²) in [4.78, 5) is 10.0. The van der Waals surface area contributed by atoms with Gasteiger partial charge in [0.2, 0.25) is 5.88 Å². The molecule has 0 aromatic carbocycles. The van der Waals surface area contributed by atoms with Gasteiger partial charge in [0.25, 0.3) is 0 Å². The van der Waals surface area contributed by atoms with Gasteiger partial charge in [-0.15, -0.1) is 16.4 Å². The molecule has 9 heteroatoms. The molecule has 0 aliphatic carbocycles. The molecular weight excluding hydrogens is 292 g/mol. The first-order chi connectivity index (χ1) is 10.3. The van der Waals surface area contributed by atoms with E-state index in [4.69, 9.17) is 9.47 Å². The zero-order valence-electron chi connectivity index (χ0n) is 11.4. The molecule has 0 saturated carbocycles. The molecular formula is C12H12N6O2S. The largest absolute Gasteiger partial charge is 0.492 e. The fourth-order valence-corrected chi connectivity index (χ4v) is 2.77. The summed E-state index contributed by atoms with van der Waals surface area (Å²) in [5, 5.41) is 13.9. The van der Waals surface area contributed by atoms with E-state index in [1.54, 1.807) is 13.2 Å². The molecule has 0 atom stereocenters. The SMILES string of the molecule is CCOc1cc(-c2cc(OC)ncn2)sc1-c1nnn[nH]1. The number of ether oxygens (including phenoxy) is 2. The molecule has 0 amide bonds. The number of nitrogens with zero attached hydrogens (tertiary/aromatic N) is 5. The van der Waals surface area contributed by atoms with E-state index in [1.165, 1.54) is 17.7 Å². The summed E-state index contributed by atoms with van der Waals surface area (Å²) in [6, 6.07) is 3.68. The molecule has 1 N–H and O–H groups in total. The lowest BCUT2D eigenvalue weighted by atomic mass is 10.3. The lowest BCUT2D eigenvalue weighted by Gasteiger charge is -2.00. The van der Waals surface area contributed by atoms with E-state index in [2.05, 4.69) is 30.6 Å². The highest BCUT2D eigenvalue weighted by molar-refractivity contribution is 7.19. The molecule has 3 aromatic heterocycles. The predicted molar refractivity (Wildman–Crippen MR) is 76.2 cm³/mol. The first-order valence-corrected chi connectivity index (χ1v) is 7.00. The van der Waals surface area contributed by atoms with Crippen LogP contribution in [0.4, 0.5) is 0 Å². The van der Waals surface area contributed by atoms with Crippen LogP contribution >= 0.6 is 11.3 Å². The van der Waals surface area contributed by atoms with Crippen LogP contribution in [0.5, 0.6) is 11.6 Å². The third-order valence-electron chi connectivity index (χ3n) is 2.66. The van der Waals surface area contributed by atoms with Crippen molar-refractivity contribution in [3.63, 3.8) is 0 Å². The average Bonchev–Trinajstić information content (AvgIpc) is 3.16. The van der Waals surface area contributed by atoms with Gasteiger partial charge in [-0.2, -0.15) is 0 Å². The lowest BCUT2D eigenvalue weighted by Crippen LogP contribution is -1.91. The number of nitrogens with one attached hydrogen (secondary N) is 1. The van der Waals surface area contributed by atoms with E-state index < -0.39 is 0 Å². The van der Waals surface area contributed by atoms with Crippen LogP contribution in [0.2, 0.25) is 0 Å². The molecule has 0 aliphatic heterocycles. The second kappa shape index (κ2) is 5.83. The highest BCUT2D eigenvalue weighted by Gasteiger charge is 2.17. The molecule has 0 radical (unpaired) electrons. The highest BCUT2D eigenvalue weighted by Crippen LogP contribution is 2.41. The Kier molecular flexibility index (Phi) is 3.73. The number of aromatic amines is 1. The Bertz CT molecular complexity index is 727. The van der Waals surface area contributed by atoms with Gasteiger partial charge in [0.15, 0.2) is 5.82 Å². The molecule has 0 bridgehead atoms. The van der Waals surface area contributed by atoms with Gasteiger partial charge in [0.05, 0.1) is 24.3 Å². The van der Waals surface area contributed by atoms with Crippen molar-refractivity contribution in [3.05, 3.63) is 18.5 Å². The van der Waals surface area contributed by atoms with Crippen molar-refractivity contribution in [2.75, 3.05) is 13.7 Å². The maximum atomic E-state index is 5.64. The van der Waals surface area contributed by atoms with Crippen molar-refractivity contribution in [2.45, 2.75) is 6.92 Å². The molecule has 21 heavy (non-hydrogen) atoms. The van der Waals surface area contributed by atoms with Crippen molar-refractivity contribution < 1.29 is 9.47 Å². The van der Waals surface area contributed by atoms with Crippen LogP contribution in [0.25, 0.3) is 21.3 Å². The van der Waals surface area contributed by atoms with Crippen LogP contribution in [0.1, 0.15) is 6.92 Å². The number of rotatable bonds is 5. The number of H-pyrrole nitrogens is 1. The Balaban J connectivity index is 2.05. The molecule has 3 rings (SSSR count). The van der Waals surface area contributed by atoms with E-state index in [9.17, 15) is 0 Å². The molecule has 0 unspecified atom stereocenters. The Morgan fingerprint density at radius 3 is 2.90 bits per heavy atom. The van der Waals surface area contributed by atoms with Crippen molar-refractivity contribution in [1.82, 2.24) is 30.6 Å². The first-order valence-electron chi connectivity index (χ1n) is 6.19. The van der Waals surface area contributed by atoms with Crippen molar-refractivity contribution in [3.8, 4) is 32.9 Å². The molecule has 3 heterocycles. The van der Waals surface area contributed by atoms with Gasteiger partial charge >= 0.3 is 0 Å². The minimum Gasteiger partial charge on any atom is -0.492 e. The monoisotopic (exact) mass is 304 g/mol. The van der Waals surface area contributed by atoms with E-state index in [-0.39, 0.29) is 0 Å². The number of hydrogen-bond acceptors (Lipinski definition) is 8. The van der Waals surface area contributed by atoms with Crippen LogP contribution < -0.4 is 9.47 Å². The van der Waals surface area contributed by atoms with Gasteiger partial charge in [0, 0.05) is 12.1 Å². The Labute approximate surface area is 124 Å². The second-order valence-corrected chi connectivity index (χ2v) is 4.98. The lowest BCUT2D eigenvalue weighted by molar-refractivity contribution is 0.343. The molecule has 0 aliphatic rings. The van der Waals surface area contributed by atoms with Crippen molar-refractivity contribution in [1.29, 1.82) is 0 Å². The zero-order chi connectivity index (χ0) is 14.7. The summed E-state index contributed by atoms with van der Waals surface area (Å²) < 4.78 is 10.8. The molecule has 3 aromatic rings. The first kappa shape index (κ1) is 13.4. The van der Waals surface area contributed by atoms with Gasteiger partial charge in [0.1, 0.15) is 17.0 Å². The molecule has 0 fully saturated rings. The number of hydrogen-bond donors (Lipinski definition) is 1. The molecule has 0 saturated heterocycles. The average molecular weight is 304 g/mol. The second-order valence-electron chi connectivity index (χ2n) is 3.93. The van der Waals surface area contributed by atoms with E-state index in [0.717, 1.165) is 15.4 Å². The quantitative estimate of drug-likeness (QED) is 0.767. The fraction of sp³-hybridized carbons (Fsp3) is 0.250. The third-order valence-corrected chi connectivity index (χ3v) is 3.81. The van der Waals surface area contributed by atoms with Crippen LogP contribution in [0.15, 0.2) is 18.5 Å². The number of aromatic nitrogens is 6. The Hall–Kier alpha value is -2.55. The maximum Gasteiger partial charge on any atom is 0.216 e. The molecule has 0 spiro atoms. The van der Waals surface area contributed by atoms with Crippen LogP contribution in [-0.4, -0.2) is 44.3 Å². The van der Waals surface area contributed by atoms with Gasteiger partial charge < -0.3 is 9.47 Å². The Morgan fingerprint density at radius 2 is 2.19 bits per heavy atom.